The van der Waals surface area contributed by atoms with Gasteiger partial charge in [0, 0.05) is 61.2 Å². The average Bonchev–Trinajstić information content (AvgIpc) is 3.53. The number of halogens is 1. The highest BCUT2D eigenvalue weighted by Crippen LogP contribution is 2.31. The third kappa shape index (κ3) is 7.03. The maximum atomic E-state index is 14.0. The number of nitrogen functional groups attached to an aromatic ring is 1. The maximum absolute atomic E-state index is 14.0. The number of thiophene rings is 1. The van der Waals surface area contributed by atoms with Gasteiger partial charge in [-0.05, 0) is 74.7 Å². The highest BCUT2D eigenvalue weighted by molar-refractivity contribution is 7.08. The van der Waals surface area contributed by atoms with Crippen LogP contribution in [0.4, 0.5) is 21.0 Å². The number of piperidine rings is 3. The normalized spacial score (nSPS) is 20.7. The lowest BCUT2D eigenvalue weighted by molar-refractivity contribution is -0.142. The van der Waals surface area contributed by atoms with Crippen LogP contribution in [0.5, 0.6) is 0 Å². The number of likely N-dealkylation sites (tertiary alicyclic amines) is 3. The SMILES string of the molecule is C#Cc1cc(C[C@@H](OC(=O)N2CCC(N3Cc4cscc4NC3=O)CC2)C(=O)N2CCC(N3CCCCC3)CC2)cc(Cl)c1N. The number of benzene rings is 1. The highest BCUT2D eigenvalue weighted by Gasteiger charge is 2.37. The number of carbonyl (C=O) groups is 3. The van der Waals surface area contributed by atoms with Gasteiger partial charge < -0.3 is 35.4 Å². The van der Waals surface area contributed by atoms with Crippen LogP contribution in [0, 0.1) is 12.3 Å². The fourth-order valence-electron chi connectivity index (χ4n) is 7.09. The van der Waals surface area contributed by atoms with Gasteiger partial charge >= 0.3 is 12.1 Å². The van der Waals surface area contributed by atoms with Gasteiger partial charge in [0.05, 0.1) is 22.9 Å². The molecular weight excluding hydrogens is 612 g/mol. The molecule has 10 nitrogen and oxygen atoms in total. The Morgan fingerprint density at radius 1 is 1.02 bits per heavy atom. The minimum Gasteiger partial charge on any atom is -0.436 e. The van der Waals surface area contributed by atoms with Crippen molar-refractivity contribution >= 4 is 52.3 Å². The van der Waals surface area contributed by atoms with Crippen molar-refractivity contribution in [3.8, 4) is 12.3 Å². The Hall–Kier alpha value is -3.46. The molecule has 12 heteroatoms. The second-order valence-corrected chi connectivity index (χ2v) is 13.7. The van der Waals surface area contributed by atoms with Gasteiger partial charge in [0.15, 0.2) is 6.10 Å². The van der Waals surface area contributed by atoms with E-state index in [1.165, 1.54) is 19.3 Å². The van der Waals surface area contributed by atoms with E-state index in [1.807, 2.05) is 15.2 Å². The van der Waals surface area contributed by atoms with Gasteiger partial charge in [0.1, 0.15) is 0 Å². The topological polar surface area (TPSA) is 111 Å². The van der Waals surface area contributed by atoms with E-state index >= 15 is 0 Å². The van der Waals surface area contributed by atoms with Crippen LogP contribution >= 0.6 is 22.9 Å². The first kappa shape index (κ1) is 31.5. The fourth-order valence-corrected chi connectivity index (χ4v) is 8.11. The van der Waals surface area contributed by atoms with Crippen LogP contribution in [-0.2, 0) is 22.5 Å². The molecule has 4 aliphatic heterocycles. The quantitative estimate of drug-likeness (QED) is 0.336. The van der Waals surface area contributed by atoms with E-state index in [-0.39, 0.29) is 24.4 Å². The number of terminal acetylenes is 1. The van der Waals surface area contributed by atoms with E-state index in [9.17, 15) is 14.4 Å². The van der Waals surface area contributed by atoms with Crippen LogP contribution in [0.25, 0.3) is 0 Å². The van der Waals surface area contributed by atoms with Crippen LogP contribution in [0.1, 0.15) is 61.6 Å². The van der Waals surface area contributed by atoms with Crippen molar-refractivity contribution in [2.75, 3.05) is 50.3 Å². The number of urea groups is 1. The zero-order valence-electron chi connectivity index (χ0n) is 25.5. The molecule has 240 valence electrons. The second-order valence-electron chi connectivity index (χ2n) is 12.5. The lowest BCUT2D eigenvalue weighted by Gasteiger charge is -2.41. The molecule has 1 atom stereocenters. The van der Waals surface area contributed by atoms with Crippen LogP contribution in [0.3, 0.4) is 0 Å². The van der Waals surface area contributed by atoms with Crippen LogP contribution in [0.15, 0.2) is 22.9 Å². The zero-order chi connectivity index (χ0) is 31.5. The smallest absolute Gasteiger partial charge is 0.410 e. The number of rotatable bonds is 6. The van der Waals surface area contributed by atoms with Gasteiger partial charge in [0.2, 0.25) is 0 Å². The van der Waals surface area contributed by atoms with E-state index in [1.54, 1.807) is 28.4 Å². The molecule has 0 unspecified atom stereocenters. The van der Waals surface area contributed by atoms with Gasteiger partial charge in [-0.15, -0.1) is 17.8 Å². The third-order valence-electron chi connectivity index (χ3n) is 9.72. The van der Waals surface area contributed by atoms with Crippen molar-refractivity contribution in [2.24, 2.45) is 0 Å². The molecule has 4 aliphatic rings. The molecule has 2 aromatic rings. The minimum absolute atomic E-state index is 0.0137. The molecule has 3 fully saturated rings. The Balaban J connectivity index is 1.11. The fraction of sp³-hybridized carbons (Fsp3) is 0.545. The number of nitrogens with one attached hydrogen (secondary N) is 1. The van der Waals surface area contributed by atoms with Crippen LogP contribution in [-0.4, -0.2) is 95.1 Å². The summed E-state index contributed by atoms with van der Waals surface area (Å²) < 4.78 is 6.00. The number of hydrogen-bond donors (Lipinski definition) is 2. The molecule has 1 aromatic carbocycles. The summed E-state index contributed by atoms with van der Waals surface area (Å²) in [4.78, 5) is 48.1. The summed E-state index contributed by atoms with van der Waals surface area (Å²) >= 11 is 7.94. The number of nitrogens with two attached hydrogens (primary N) is 1. The van der Waals surface area contributed by atoms with Crippen molar-refractivity contribution in [3.05, 3.63) is 44.6 Å². The molecule has 1 aromatic heterocycles. The molecule has 0 spiro atoms. The Labute approximate surface area is 273 Å². The lowest BCUT2D eigenvalue weighted by Crippen LogP contribution is -2.53. The molecular formula is C33H41ClN6O4S. The van der Waals surface area contributed by atoms with Gasteiger partial charge in [-0.3, -0.25) is 4.79 Å². The average molecular weight is 653 g/mol. The number of nitrogens with zero attached hydrogens (tertiary/aromatic N) is 4. The monoisotopic (exact) mass is 652 g/mol. The van der Waals surface area contributed by atoms with E-state index in [4.69, 9.17) is 28.5 Å². The van der Waals surface area contributed by atoms with Gasteiger partial charge in [-0.1, -0.05) is 23.9 Å². The predicted molar refractivity (Wildman–Crippen MR) is 176 cm³/mol. The predicted octanol–water partition coefficient (Wildman–Crippen LogP) is 5.00. The minimum atomic E-state index is -1.03. The molecule has 5 heterocycles. The first-order chi connectivity index (χ1) is 21.8. The molecule has 0 aliphatic carbocycles. The second kappa shape index (κ2) is 13.9. The summed E-state index contributed by atoms with van der Waals surface area (Å²) in [5, 5.41) is 7.28. The highest BCUT2D eigenvalue weighted by atomic mass is 35.5. The number of ether oxygens (including phenoxy) is 1. The van der Waals surface area contributed by atoms with Gasteiger partial charge in [-0.2, -0.15) is 0 Å². The lowest BCUT2D eigenvalue weighted by atomic mass is 9.98. The molecule has 6 rings (SSSR count). The van der Waals surface area contributed by atoms with E-state index < -0.39 is 12.2 Å². The Morgan fingerprint density at radius 3 is 2.42 bits per heavy atom. The molecule has 0 radical (unpaired) electrons. The molecule has 45 heavy (non-hydrogen) atoms. The molecule has 4 amide bonds. The standard InChI is InChI=1S/C33H41ClN6O4S/c1-2-23-16-22(17-27(34)30(23)35)18-29(31(41)38-12-6-25(7-13-38)37-10-4-3-5-11-37)44-33(43)39-14-8-26(9-15-39)40-19-24-20-45-21-28(24)36-32(40)42/h1,16-17,20-21,25-26,29H,3-15,18-19,35H2,(H,36,42)/t29-/m1/s1. The van der Waals surface area contributed by atoms with Crippen molar-refractivity contribution in [2.45, 2.75) is 76.1 Å². The molecule has 0 bridgehead atoms. The number of amides is 4. The van der Waals surface area contributed by atoms with E-state index in [0.717, 1.165) is 37.2 Å². The number of hydrogen-bond acceptors (Lipinski definition) is 7. The first-order valence-corrected chi connectivity index (χ1v) is 17.3. The van der Waals surface area contributed by atoms with Crippen molar-refractivity contribution in [1.82, 2.24) is 19.6 Å². The molecule has 3 saturated heterocycles. The van der Waals surface area contributed by atoms with E-state index in [2.05, 4.69) is 21.5 Å². The molecule has 0 saturated carbocycles. The van der Waals surface area contributed by atoms with Crippen LogP contribution in [0.2, 0.25) is 5.02 Å². The third-order valence-corrected chi connectivity index (χ3v) is 10.8. The zero-order valence-corrected chi connectivity index (χ0v) is 27.1. The number of fused-ring (bicyclic) bond motifs is 1. The summed E-state index contributed by atoms with van der Waals surface area (Å²) in [6.45, 7) is 4.93. The summed E-state index contributed by atoms with van der Waals surface area (Å²) in [6, 6.07) is 3.80. The largest absolute Gasteiger partial charge is 0.436 e. The maximum Gasteiger partial charge on any atom is 0.410 e. The van der Waals surface area contributed by atoms with Gasteiger partial charge in [0.25, 0.3) is 5.91 Å². The van der Waals surface area contributed by atoms with Crippen molar-refractivity contribution < 1.29 is 19.1 Å². The number of carbonyl (C=O) groups excluding carboxylic acids is 3. The Bertz CT molecular complexity index is 1450. The molecule has 3 N–H and O–H groups in total. The summed E-state index contributed by atoms with van der Waals surface area (Å²) in [7, 11) is 0. The summed E-state index contributed by atoms with van der Waals surface area (Å²) in [5.41, 5.74) is 9.46. The van der Waals surface area contributed by atoms with Crippen molar-refractivity contribution in [1.29, 1.82) is 0 Å². The summed E-state index contributed by atoms with van der Waals surface area (Å²) in [5.74, 6) is 2.35. The Morgan fingerprint density at radius 2 is 1.71 bits per heavy atom. The van der Waals surface area contributed by atoms with Crippen molar-refractivity contribution in [3.63, 3.8) is 0 Å². The van der Waals surface area contributed by atoms with Crippen LogP contribution < -0.4 is 11.1 Å². The Kier molecular flexibility index (Phi) is 9.73. The number of anilines is 2. The van der Waals surface area contributed by atoms with Gasteiger partial charge in [-0.25, -0.2) is 9.59 Å². The van der Waals surface area contributed by atoms with E-state index in [0.29, 0.717) is 73.4 Å². The first-order valence-electron chi connectivity index (χ1n) is 16.0. The summed E-state index contributed by atoms with van der Waals surface area (Å²) in [6.07, 6.45) is 11.1.